The summed E-state index contributed by atoms with van der Waals surface area (Å²) in [5.74, 6) is 0. The molecule has 2 nitrogen and oxygen atoms in total. The predicted molar refractivity (Wildman–Crippen MR) is 33.4 cm³/mol. The van der Waals surface area contributed by atoms with Gasteiger partial charge in [-0.3, -0.25) is 0 Å². The van der Waals surface area contributed by atoms with E-state index < -0.39 is 0 Å². The molecule has 0 unspecified atom stereocenters. The van der Waals surface area contributed by atoms with Crippen LogP contribution < -0.4 is 11.1 Å². The van der Waals surface area contributed by atoms with Crippen LogP contribution in [0.5, 0.6) is 0 Å². The zero-order valence-corrected chi connectivity index (χ0v) is 5.32. The van der Waals surface area contributed by atoms with Crippen LogP contribution in [0.2, 0.25) is 0 Å². The Morgan fingerprint density at radius 1 is 1.38 bits per heavy atom. The summed E-state index contributed by atoms with van der Waals surface area (Å²) in [5, 5.41) is 3.33. The number of hydrogen-bond acceptors (Lipinski definition) is 1. The largest absolute Gasteiger partial charge is 0.354 e. The summed E-state index contributed by atoms with van der Waals surface area (Å²) < 4.78 is 0. The summed E-state index contributed by atoms with van der Waals surface area (Å²) in [6.45, 7) is 2.33. The molecule has 48 valence electrons. The van der Waals surface area contributed by atoms with E-state index in [9.17, 15) is 0 Å². The first-order valence-corrected chi connectivity index (χ1v) is 3.43. The average Bonchev–Trinajstić information content (AvgIpc) is 1.94. The third kappa shape index (κ3) is 1.80. The van der Waals surface area contributed by atoms with E-state index in [1.807, 2.05) is 0 Å². The van der Waals surface area contributed by atoms with E-state index >= 15 is 0 Å². The summed E-state index contributed by atoms with van der Waals surface area (Å²) in [4.78, 5) is 0. The van der Waals surface area contributed by atoms with Crippen LogP contribution in [0.3, 0.4) is 0 Å². The van der Waals surface area contributed by atoms with Crippen LogP contribution in [0.4, 0.5) is 0 Å². The monoisotopic (exact) mass is 115 g/mol. The molecule has 1 aliphatic heterocycles. The van der Waals surface area contributed by atoms with Crippen molar-refractivity contribution >= 4 is 0 Å². The van der Waals surface area contributed by atoms with Gasteiger partial charge in [0.2, 0.25) is 0 Å². The molecule has 1 heterocycles. The van der Waals surface area contributed by atoms with Gasteiger partial charge in [-0.1, -0.05) is 0 Å². The van der Waals surface area contributed by atoms with E-state index in [-0.39, 0.29) is 0 Å². The van der Waals surface area contributed by atoms with E-state index in [1.54, 1.807) is 0 Å². The number of nitrogens with one attached hydrogen (secondary N) is 1. The highest BCUT2D eigenvalue weighted by molar-refractivity contribution is 4.62. The average molecular weight is 115 g/mol. The second kappa shape index (κ2) is 3.05. The first-order valence-electron chi connectivity index (χ1n) is 3.43. The number of quaternary nitrogens is 1. The fourth-order valence-electron chi connectivity index (χ4n) is 1.09. The molecule has 0 amide bonds. The zero-order chi connectivity index (χ0) is 5.82. The molecule has 4 N–H and O–H groups in total. The Kier molecular flexibility index (Phi) is 2.30. The molecule has 0 aromatic carbocycles. The van der Waals surface area contributed by atoms with Crippen molar-refractivity contribution in [1.29, 1.82) is 0 Å². The molecule has 0 spiro atoms. The smallest absolute Gasteiger partial charge is 0.0969 e. The predicted octanol–water partition coefficient (Wildman–Crippen LogP) is -0.630. The van der Waals surface area contributed by atoms with Gasteiger partial charge in [0.25, 0.3) is 0 Å². The molecular formula is C6H15N2+. The lowest BCUT2D eigenvalue weighted by Crippen LogP contribution is -2.64. The summed E-state index contributed by atoms with van der Waals surface area (Å²) >= 11 is 0. The molecule has 0 bridgehead atoms. The van der Waals surface area contributed by atoms with E-state index in [4.69, 9.17) is 0 Å². The summed E-state index contributed by atoms with van der Waals surface area (Å²) in [7, 11) is 0. The van der Waals surface area contributed by atoms with Crippen molar-refractivity contribution in [2.75, 3.05) is 13.1 Å². The standard InChI is InChI=1S/C6H14N2/c7-6-3-1-2-4-8-5-6/h6,8H,1-5,7H2/p+1/t6-/m0/s1. The highest BCUT2D eigenvalue weighted by atomic mass is 14.9. The van der Waals surface area contributed by atoms with Crippen molar-refractivity contribution in [3.63, 3.8) is 0 Å². The van der Waals surface area contributed by atoms with Crippen molar-refractivity contribution in [3.8, 4) is 0 Å². The van der Waals surface area contributed by atoms with Crippen LogP contribution in [-0.2, 0) is 0 Å². The van der Waals surface area contributed by atoms with Gasteiger partial charge in [0.1, 0.15) is 0 Å². The third-order valence-corrected chi connectivity index (χ3v) is 1.65. The lowest BCUT2D eigenvalue weighted by Gasteiger charge is -2.00. The van der Waals surface area contributed by atoms with Crippen LogP contribution >= 0.6 is 0 Å². The minimum atomic E-state index is 0.664. The SMILES string of the molecule is [NH3+][C@H]1CCCCNC1. The van der Waals surface area contributed by atoms with Gasteiger partial charge in [-0.25, -0.2) is 0 Å². The molecule has 1 fully saturated rings. The molecule has 0 aromatic heterocycles. The van der Waals surface area contributed by atoms with Gasteiger partial charge < -0.3 is 11.1 Å². The molecule has 8 heavy (non-hydrogen) atoms. The Balaban J connectivity index is 2.17. The van der Waals surface area contributed by atoms with Gasteiger partial charge in [-0.15, -0.1) is 0 Å². The Labute approximate surface area is 50.4 Å². The van der Waals surface area contributed by atoms with Crippen LogP contribution in [0, 0.1) is 0 Å². The van der Waals surface area contributed by atoms with Crippen molar-refractivity contribution in [1.82, 2.24) is 5.32 Å². The maximum atomic E-state index is 4.00. The van der Waals surface area contributed by atoms with Crippen molar-refractivity contribution < 1.29 is 5.73 Å². The van der Waals surface area contributed by atoms with Crippen molar-refractivity contribution in [2.45, 2.75) is 25.3 Å². The van der Waals surface area contributed by atoms with Gasteiger partial charge >= 0.3 is 0 Å². The number of hydrogen-bond donors (Lipinski definition) is 2. The third-order valence-electron chi connectivity index (χ3n) is 1.65. The topological polar surface area (TPSA) is 39.7 Å². The Bertz CT molecular complexity index is 55.5. The van der Waals surface area contributed by atoms with Crippen LogP contribution in [0.15, 0.2) is 0 Å². The Morgan fingerprint density at radius 2 is 2.25 bits per heavy atom. The zero-order valence-electron chi connectivity index (χ0n) is 5.32. The lowest BCUT2D eigenvalue weighted by molar-refractivity contribution is -0.418. The normalized spacial score (nSPS) is 31.9. The highest BCUT2D eigenvalue weighted by Gasteiger charge is 2.07. The van der Waals surface area contributed by atoms with E-state index in [0.29, 0.717) is 6.04 Å². The molecule has 1 saturated heterocycles. The first kappa shape index (κ1) is 6.05. The molecule has 1 atom stereocenters. The minimum absolute atomic E-state index is 0.664. The van der Waals surface area contributed by atoms with Crippen LogP contribution in [-0.4, -0.2) is 19.1 Å². The van der Waals surface area contributed by atoms with E-state index in [2.05, 4.69) is 11.1 Å². The summed E-state index contributed by atoms with van der Waals surface area (Å²) in [6, 6.07) is 0.664. The van der Waals surface area contributed by atoms with Gasteiger partial charge in [0.15, 0.2) is 0 Å². The second-order valence-corrected chi connectivity index (χ2v) is 2.57. The quantitative estimate of drug-likeness (QED) is 0.433. The second-order valence-electron chi connectivity index (χ2n) is 2.57. The van der Waals surface area contributed by atoms with Gasteiger partial charge in [0, 0.05) is 13.0 Å². The molecule has 1 rings (SSSR count). The molecule has 0 radical (unpaired) electrons. The van der Waals surface area contributed by atoms with E-state index in [0.717, 1.165) is 6.54 Å². The van der Waals surface area contributed by atoms with Gasteiger partial charge in [-0.2, -0.15) is 0 Å². The van der Waals surface area contributed by atoms with Crippen LogP contribution in [0.1, 0.15) is 19.3 Å². The van der Waals surface area contributed by atoms with Crippen molar-refractivity contribution in [2.24, 2.45) is 0 Å². The molecule has 2 heteroatoms. The molecule has 1 aliphatic rings. The molecule has 0 aromatic rings. The van der Waals surface area contributed by atoms with Crippen molar-refractivity contribution in [3.05, 3.63) is 0 Å². The van der Waals surface area contributed by atoms with Crippen LogP contribution in [0.25, 0.3) is 0 Å². The van der Waals surface area contributed by atoms with E-state index in [1.165, 1.54) is 25.8 Å². The first-order chi connectivity index (χ1) is 3.89. The fraction of sp³-hybridized carbons (Fsp3) is 1.00. The molecular weight excluding hydrogens is 100 g/mol. The molecule has 0 aliphatic carbocycles. The maximum absolute atomic E-state index is 4.00. The Morgan fingerprint density at radius 3 is 3.12 bits per heavy atom. The summed E-state index contributed by atoms with van der Waals surface area (Å²) in [5.41, 5.74) is 4.00. The molecule has 0 saturated carbocycles. The fourth-order valence-corrected chi connectivity index (χ4v) is 1.09. The lowest BCUT2D eigenvalue weighted by atomic mass is 10.2. The Hall–Kier alpha value is -0.0800. The highest BCUT2D eigenvalue weighted by Crippen LogP contribution is 1.99. The number of rotatable bonds is 0. The minimum Gasteiger partial charge on any atom is -0.354 e. The van der Waals surface area contributed by atoms with Gasteiger partial charge in [0.05, 0.1) is 6.04 Å². The van der Waals surface area contributed by atoms with Gasteiger partial charge in [-0.05, 0) is 19.4 Å². The maximum Gasteiger partial charge on any atom is 0.0969 e. The summed E-state index contributed by atoms with van der Waals surface area (Å²) in [6.07, 6.45) is 4.01.